The molecule has 0 N–H and O–H groups in total. The van der Waals surface area contributed by atoms with Crippen molar-refractivity contribution >= 4 is 42.1 Å². The maximum Gasteiger partial charge on any atom is 0.0517 e. The van der Waals surface area contributed by atoms with Crippen molar-refractivity contribution in [2.75, 3.05) is 0 Å². The van der Waals surface area contributed by atoms with Crippen LogP contribution in [-0.4, -0.2) is 13.6 Å². The van der Waals surface area contributed by atoms with E-state index in [0.717, 1.165) is 0 Å². The van der Waals surface area contributed by atoms with E-state index < -0.39 is 0 Å². The molecule has 0 aliphatic rings. The van der Waals surface area contributed by atoms with Gasteiger partial charge in [0.2, 0.25) is 0 Å². The smallest absolute Gasteiger partial charge is 0.0517 e. The van der Waals surface area contributed by atoms with Gasteiger partial charge in [0.1, 0.15) is 0 Å². The van der Waals surface area contributed by atoms with Crippen LogP contribution in [0.2, 0.25) is 0 Å². The summed E-state index contributed by atoms with van der Waals surface area (Å²) < 4.78 is 0.597. The van der Waals surface area contributed by atoms with Crippen LogP contribution in [-0.2, 0) is 0 Å². The maximum atomic E-state index is 3.25. The molecule has 0 bridgehead atoms. The molecule has 0 atom stereocenters. The second kappa shape index (κ2) is 2.42. The van der Waals surface area contributed by atoms with Crippen LogP contribution < -0.4 is 0 Å². The van der Waals surface area contributed by atoms with Gasteiger partial charge in [-0.2, -0.15) is 0 Å². The average molecular weight is 204 g/mol. The molecule has 0 aromatic heterocycles. The van der Waals surface area contributed by atoms with E-state index in [-0.39, 0.29) is 0 Å². The third-order valence-corrected chi connectivity index (χ3v) is 0. The minimum absolute atomic E-state index is 0.597. The van der Waals surface area contributed by atoms with Gasteiger partial charge in [0.25, 0.3) is 0 Å². The predicted octanol–water partition coefficient (Wildman–Crippen LogP) is 0.425. The molecular weight excluding hydrogens is 200 g/mol. The Balaban J connectivity index is 2.32. The van der Waals surface area contributed by atoms with Crippen molar-refractivity contribution < 1.29 is 0 Å². The molecule has 0 aliphatic carbocycles. The van der Waals surface area contributed by atoms with E-state index in [1.807, 2.05) is 0 Å². The van der Waals surface area contributed by atoms with Gasteiger partial charge in [-0.15, -0.1) is 0 Å². The molecule has 0 saturated heterocycles. The predicted molar refractivity (Wildman–Crippen MR) is 31.6 cm³/mol. The fourth-order valence-electron chi connectivity index (χ4n) is 0. The minimum Gasteiger partial charge on any atom is -0.0814 e. The summed E-state index contributed by atoms with van der Waals surface area (Å²) >= 11 is 6.50. The standard InChI is InChI=1S/CH4Br2Si/c2-1(3)4/h1H,4H3. The monoisotopic (exact) mass is 202 g/mol. The van der Waals surface area contributed by atoms with Gasteiger partial charge in [0.15, 0.2) is 0 Å². The first-order valence-corrected chi connectivity index (χ1v) is 4.00. The third-order valence-electron chi connectivity index (χ3n) is 0. The molecule has 0 heterocycles. The van der Waals surface area contributed by atoms with Crippen molar-refractivity contribution in [3.8, 4) is 0 Å². The van der Waals surface area contributed by atoms with E-state index in [4.69, 9.17) is 0 Å². The summed E-state index contributed by atoms with van der Waals surface area (Å²) in [6.07, 6.45) is 0. The zero-order valence-corrected chi connectivity index (χ0v) is 7.51. The highest BCUT2D eigenvalue weighted by Crippen LogP contribution is 1.98. The Morgan fingerprint density at radius 2 is 1.50 bits per heavy atom. The fraction of sp³-hybridized carbons (Fsp3) is 1.00. The second-order valence-corrected chi connectivity index (χ2v) is 9.03. The molecule has 0 nitrogen and oxygen atoms in total. The Bertz CT molecular complexity index is 10.8. The van der Waals surface area contributed by atoms with Crippen molar-refractivity contribution in [2.45, 2.75) is 3.36 Å². The van der Waals surface area contributed by atoms with Crippen molar-refractivity contribution in [2.24, 2.45) is 0 Å². The molecule has 0 aromatic carbocycles. The van der Waals surface area contributed by atoms with Crippen LogP contribution in [0.15, 0.2) is 0 Å². The zero-order valence-electron chi connectivity index (χ0n) is 2.33. The van der Waals surface area contributed by atoms with E-state index in [2.05, 4.69) is 31.9 Å². The van der Waals surface area contributed by atoms with E-state index in [1.54, 1.807) is 0 Å². The lowest BCUT2D eigenvalue weighted by Crippen LogP contribution is -1.73. The number of hydrogen-bond donors (Lipinski definition) is 0. The van der Waals surface area contributed by atoms with Gasteiger partial charge in [0.05, 0.1) is 3.36 Å². The summed E-state index contributed by atoms with van der Waals surface area (Å²) in [5.41, 5.74) is 0. The summed E-state index contributed by atoms with van der Waals surface area (Å²) in [5, 5.41) is 0. The van der Waals surface area contributed by atoms with Crippen LogP contribution in [0.4, 0.5) is 0 Å². The lowest BCUT2D eigenvalue weighted by Gasteiger charge is -1.73. The van der Waals surface area contributed by atoms with Gasteiger partial charge in [0, 0.05) is 10.2 Å². The molecular formula is CH4Br2Si. The first-order chi connectivity index (χ1) is 1.73. The molecule has 0 saturated carbocycles. The van der Waals surface area contributed by atoms with Gasteiger partial charge in [-0.3, -0.25) is 0 Å². The minimum atomic E-state index is 0.597. The lowest BCUT2D eigenvalue weighted by molar-refractivity contribution is 2.16. The van der Waals surface area contributed by atoms with Crippen LogP contribution in [0.25, 0.3) is 0 Å². The Labute approximate surface area is 45.6 Å². The Kier molecular flexibility index (Phi) is 3.13. The summed E-state index contributed by atoms with van der Waals surface area (Å²) in [5.74, 6) is 0. The number of halogens is 2. The van der Waals surface area contributed by atoms with Crippen LogP contribution in [0.5, 0.6) is 0 Å². The lowest BCUT2D eigenvalue weighted by atomic mass is 11.9. The van der Waals surface area contributed by atoms with E-state index in [9.17, 15) is 0 Å². The highest BCUT2D eigenvalue weighted by molar-refractivity contribution is 9.25. The highest BCUT2D eigenvalue weighted by Gasteiger charge is 1.74. The van der Waals surface area contributed by atoms with Crippen LogP contribution in [0.3, 0.4) is 0 Å². The van der Waals surface area contributed by atoms with Crippen molar-refractivity contribution in [1.82, 2.24) is 0 Å². The maximum absolute atomic E-state index is 3.25. The van der Waals surface area contributed by atoms with Gasteiger partial charge >= 0.3 is 0 Å². The topological polar surface area (TPSA) is 0 Å². The van der Waals surface area contributed by atoms with E-state index in [0.29, 0.717) is 3.36 Å². The Morgan fingerprint density at radius 3 is 1.50 bits per heavy atom. The van der Waals surface area contributed by atoms with Crippen molar-refractivity contribution in [1.29, 1.82) is 0 Å². The fourth-order valence-corrected chi connectivity index (χ4v) is 0. The van der Waals surface area contributed by atoms with Crippen LogP contribution >= 0.6 is 31.9 Å². The summed E-state index contributed by atoms with van der Waals surface area (Å²) in [7, 11) is 1.18. The van der Waals surface area contributed by atoms with E-state index >= 15 is 0 Å². The molecule has 0 rings (SSSR count). The van der Waals surface area contributed by atoms with E-state index in [1.165, 1.54) is 10.2 Å². The Morgan fingerprint density at radius 1 is 1.50 bits per heavy atom. The first-order valence-electron chi connectivity index (χ1n) is 1.01. The molecule has 0 aromatic rings. The van der Waals surface area contributed by atoms with Gasteiger partial charge < -0.3 is 0 Å². The quantitative estimate of drug-likeness (QED) is 0.396. The molecule has 0 fully saturated rings. The Hall–Kier alpha value is 1.18. The molecule has 0 aliphatic heterocycles. The molecule has 0 radical (unpaired) electrons. The summed E-state index contributed by atoms with van der Waals surface area (Å²) in [6, 6.07) is 0. The van der Waals surface area contributed by atoms with Crippen LogP contribution in [0.1, 0.15) is 0 Å². The SMILES string of the molecule is [SiH3]C(Br)Br. The van der Waals surface area contributed by atoms with Crippen molar-refractivity contribution in [3.05, 3.63) is 0 Å². The molecule has 26 valence electrons. The number of alkyl halides is 2. The third kappa shape index (κ3) is 10.9. The van der Waals surface area contributed by atoms with Gasteiger partial charge in [-0.1, -0.05) is 31.9 Å². The molecule has 3 heteroatoms. The van der Waals surface area contributed by atoms with Gasteiger partial charge in [-0.05, 0) is 0 Å². The second-order valence-electron chi connectivity index (χ2n) is 0.519. The number of hydrogen-bond acceptors (Lipinski definition) is 0. The van der Waals surface area contributed by atoms with Crippen LogP contribution in [0, 0.1) is 0 Å². The highest BCUT2D eigenvalue weighted by atomic mass is 79.9. The zero-order chi connectivity index (χ0) is 3.58. The normalized spacial score (nSPS) is 9.75. The molecule has 0 unspecified atom stereocenters. The van der Waals surface area contributed by atoms with Crippen molar-refractivity contribution in [3.63, 3.8) is 0 Å². The summed E-state index contributed by atoms with van der Waals surface area (Å²) in [4.78, 5) is 0. The largest absolute Gasteiger partial charge is 0.0814 e. The van der Waals surface area contributed by atoms with Gasteiger partial charge in [-0.25, -0.2) is 0 Å². The summed E-state index contributed by atoms with van der Waals surface area (Å²) in [6.45, 7) is 0. The number of rotatable bonds is 0. The molecule has 0 amide bonds. The first kappa shape index (κ1) is 5.18. The molecule has 0 spiro atoms. The molecule has 4 heavy (non-hydrogen) atoms. The average Bonchev–Trinajstić information content (AvgIpc) is 0.811.